The van der Waals surface area contributed by atoms with Gasteiger partial charge in [0.1, 0.15) is 5.01 Å². The Balaban J connectivity index is 1.38. The maximum Gasteiger partial charge on any atom is 0.226 e. The summed E-state index contributed by atoms with van der Waals surface area (Å²) in [6.07, 6.45) is 5.02. The molecule has 4 nitrogen and oxygen atoms in total. The topological polar surface area (TPSA) is 45.2 Å². The summed E-state index contributed by atoms with van der Waals surface area (Å²) in [5.41, 5.74) is 3.20. The molecule has 0 saturated carbocycles. The molecule has 1 atom stereocenters. The number of thiazole rings is 1. The molecule has 0 unspecified atom stereocenters. The number of amides is 1. The molecular formula is C25H29N3OS. The molecule has 3 aromatic rings. The quantitative estimate of drug-likeness (QED) is 0.582. The Morgan fingerprint density at radius 1 is 1.00 bits per heavy atom. The summed E-state index contributed by atoms with van der Waals surface area (Å²) in [6, 6.07) is 20.7. The molecule has 2 aromatic carbocycles. The molecule has 0 bridgehead atoms. The third-order valence-corrected chi connectivity index (χ3v) is 6.47. The average molecular weight is 420 g/mol. The molecular weight excluding hydrogens is 390 g/mol. The van der Waals surface area contributed by atoms with E-state index in [1.54, 1.807) is 11.3 Å². The average Bonchev–Trinajstić information content (AvgIpc) is 3.24. The van der Waals surface area contributed by atoms with E-state index in [4.69, 9.17) is 0 Å². The predicted molar refractivity (Wildman–Crippen MR) is 124 cm³/mol. The van der Waals surface area contributed by atoms with E-state index < -0.39 is 0 Å². The molecule has 1 aliphatic heterocycles. The zero-order chi connectivity index (χ0) is 20.6. The Morgan fingerprint density at radius 3 is 2.43 bits per heavy atom. The van der Waals surface area contributed by atoms with E-state index in [9.17, 15) is 4.79 Å². The lowest BCUT2D eigenvalue weighted by Crippen LogP contribution is -2.46. The highest BCUT2D eigenvalue weighted by Crippen LogP contribution is 2.23. The van der Waals surface area contributed by atoms with Gasteiger partial charge >= 0.3 is 0 Å². The number of nitrogens with zero attached hydrogens (tertiary/aromatic N) is 2. The maximum absolute atomic E-state index is 12.8. The molecule has 1 amide bonds. The van der Waals surface area contributed by atoms with Crippen molar-refractivity contribution in [2.45, 2.75) is 38.1 Å². The van der Waals surface area contributed by atoms with Crippen LogP contribution in [0.5, 0.6) is 0 Å². The fraction of sp³-hybridized carbons (Fsp3) is 0.360. The largest absolute Gasteiger partial charge is 0.351 e. The number of carbonyl (C=O) groups is 1. The lowest BCUT2D eigenvalue weighted by molar-refractivity contribution is -0.121. The number of piperidine rings is 1. The highest BCUT2D eigenvalue weighted by atomic mass is 32.1. The Bertz CT molecular complexity index is 920. The predicted octanol–water partition coefficient (Wildman–Crippen LogP) is 4.57. The highest BCUT2D eigenvalue weighted by molar-refractivity contribution is 7.13. The first-order valence-corrected chi connectivity index (χ1v) is 11.7. The minimum Gasteiger partial charge on any atom is -0.351 e. The number of hydrogen-bond donors (Lipinski definition) is 1. The van der Waals surface area contributed by atoms with Gasteiger partial charge in [0.15, 0.2) is 0 Å². The number of hydrogen-bond acceptors (Lipinski definition) is 4. The van der Waals surface area contributed by atoms with Crippen LogP contribution < -0.4 is 5.32 Å². The van der Waals surface area contributed by atoms with Crippen molar-refractivity contribution in [1.82, 2.24) is 15.2 Å². The third kappa shape index (κ3) is 6.00. The Hall–Kier alpha value is -2.50. The minimum atomic E-state index is 0.0536. The van der Waals surface area contributed by atoms with Crippen LogP contribution in [0.25, 0.3) is 10.6 Å². The summed E-state index contributed by atoms with van der Waals surface area (Å²) in [6.45, 7) is 3.17. The van der Waals surface area contributed by atoms with Crippen LogP contribution in [0.2, 0.25) is 0 Å². The van der Waals surface area contributed by atoms with Crippen LogP contribution in [0.1, 0.15) is 30.5 Å². The van der Waals surface area contributed by atoms with E-state index in [0.29, 0.717) is 6.42 Å². The summed E-state index contributed by atoms with van der Waals surface area (Å²) in [5, 5.41) is 6.26. The van der Waals surface area contributed by atoms with E-state index in [1.165, 1.54) is 24.8 Å². The fourth-order valence-electron chi connectivity index (χ4n) is 4.06. The zero-order valence-corrected chi connectivity index (χ0v) is 18.1. The first-order chi connectivity index (χ1) is 14.8. The van der Waals surface area contributed by atoms with Gasteiger partial charge in [-0.2, -0.15) is 0 Å². The van der Waals surface area contributed by atoms with Gasteiger partial charge in [0.25, 0.3) is 0 Å². The number of carbonyl (C=O) groups excluding carboxylic acids is 1. The summed E-state index contributed by atoms with van der Waals surface area (Å²) >= 11 is 1.60. The van der Waals surface area contributed by atoms with Gasteiger partial charge in [0.2, 0.25) is 5.91 Å². The monoisotopic (exact) mass is 419 g/mol. The first kappa shape index (κ1) is 20.8. The summed E-state index contributed by atoms with van der Waals surface area (Å²) < 4.78 is 0. The van der Waals surface area contributed by atoms with E-state index in [-0.39, 0.29) is 11.9 Å². The summed E-state index contributed by atoms with van der Waals surface area (Å²) in [7, 11) is 0. The van der Waals surface area contributed by atoms with Crippen molar-refractivity contribution < 1.29 is 4.79 Å². The van der Waals surface area contributed by atoms with Crippen molar-refractivity contribution in [2.75, 3.05) is 19.6 Å². The van der Waals surface area contributed by atoms with Gasteiger partial charge in [-0.3, -0.25) is 4.79 Å². The summed E-state index contributed by atoms with van der Waals surface area (Å²) in [4.78, 5) is 20.0. The van der Waals surface area contributed by atoms with E-state index >= 15 is 0 Å². The molecule has 4 rings (SSSR count). The molecule has 2 heterocycles. The standard InChI is InChI=1S/C25H29N3OS/c29-24(17-23-19-30-25(27-23)21-12-6-2-7-13-21)26-22(16-20-10-4-1-5-11-20)18-28-14-8-3-9-15-28/h1-2,4-7,10-13,19,22H,3,8-9,14-18H2,(H,26,29)/t22-/m1/s1. The van der Waals surface area contributed by atoms with E-state index in [0.717, 1.165) is 42.3 Å². The Morgan fingerprint density at radius 2 is 1.70 bits per heavy atom. The second-order valence-corrected chi connectivity index (χ2v) is 8.86. The minimum absolute atomic E-state index is 0.0536. The van der Waals surface area contributed by atoms with Gasteiger partial charge < -0.3 is 10.2 Å². The SMILES string of the molecule is O=C(Cc1csc(-c2ccccc2)n1)N[C@H](Cc1ccccc1)CN1CCCCC1. The molecule has 1 N–H and O–H groups in total. The van der Waals surface area contributed by atoms with Gasteiger partial charge in [-0.05, 0) is 37.9 Å². The normalized spacial score (nSPS) is 15.6. The van der Waals surface area contributed by atoms with Gasteiger partial charge in [-0.15, -0.1) is 11.3 Å². The summed E-state index contributed by atoms with van der Waals surface area (Å²) in [5.74, 6) is 0.0536. The molecule has 156 valence electrons. The van der Waals surface area contributed by atoms with Gasteiger partial charge in [-0.1, -0.05) is 67.1 Å². The third-order valence-electron chi connectivity index (χ3n) is 5.53. The van der Waals surface area contributed by atoms with Crippen LogP contribution in [-0.4, -0.2) is 41.5 Å². The molecule has 1 aliphatic rings. The number of benzene rings is 2. The van der Waals surface area contributed by atoms with Gasteiger partial charge in [0.05, 0.1) is 12.1 Å². The van der Waals surface area contributed by atoms with Crippen molar-refractivity contribution in [2.24, 2.45) is 0 Å². The van der Waals surface area contributed by atoms with Crippen LogP contribution in [0, 0.1) is 0 Å². The molecule has 0 aliphatic carbocycles. The van der Waals surface area contributed by atoms with Crippen molar-refractivity contribution in [3.8, 4) is 10.6 Å². The van der Waals surface area contributed by atoms with Gasteiger partial charge in [-0.25, -0.2) is 4.98 Å². The molecule has 0 spiro atoms. The highest BCUT2D eigenvalue weighted by Gasteiger charge is 2.19. The Labute approximate surface area is 183 Å². The number of aromatic nitrogens is 1. The second kappa shape index (κ2) is 10.5. The lowest BCUT2D eigenvalue weighted by atomic mass is 10.0. The van der Waals surface area contributed by atoms with Crippen molar-refractivity contribution in [3.05, 3.63) is 77.3 Å². The molecule has 1 aromatic heterocycles. The molecule has 5 heteroatoms. The second-order valence-electron chi connectivity index (χ2n) is 8.00. The molecule has 1 fully saturated rings. The van der Waals surface area contributed by atoms with Crippen LogP contribution in [0.4, 0.5) is 0 Å². The molecule has 1 saturated heterocycles. The van der Waals surface area contributed by atoms with Crippen LogP contribution in [0.15, 0.2) is 66.0 Å². The first-order valence-electron chi connectivity index (χ1n) is 10.8. The van der Waals surface area contributed by atoms with E-state index in [2.05, 4.69) is 51.6 Å². The number of nitrogens with one attached hydrogen (secondary N) is 1. The zero-order valence-electron chi connectivity index (χ0n) is 17.3. The van der Waals surface area contributed by atoms with Crippen molar-refractivity contribution in [1.29, 1.82) is 0 Å². The van der Waals surface area contributed by atoms with Gasteiger partial charge in [0, 0.05) is 23.5 Å². The maximum atomic E-state index is 12.8. The van der Waals surface area contributed by atoms with Crippen LogP contribution in [0.3, 0.4) is 0 Å². The number of rotatable bonds is 8. The number of likely N-dealkylation sites (tertiary alicyclic amines) is 1. The lowest BCUT2D eigenvalue weighted by Gasteiger charge is -2.31. The molecule has 30 heavy (non-hydrogen) atoms. The van der Waals surface area contributed by atoms with Crippen molar-refractivity contribution >= 4 is 17.2 Å². The van der Waals surface area contributed by atoms with Crippen LogP contribution in [-0.2, 0) is 17.6 Å². The smallest absolute Gasteiger partial charge is 0.226 e. The molecule has 0 radical (unpaired) electrons. The van der Waals surface area contributed by atoms with Crippen LogP contribution >= 0.6 is 11.3 Å². The van der Waals surface area contributed by atoms with E-state index in [1.807, 2.05) is 29.6 Å². The van der Waals surface area contributed by atoms with Crippen molar-refractivity contribution in [3.63, 3.8) is 0 Å². The fourth-order valence-corrected chi connectivity index (χ4v) is 4.88. The Kier molecular flexibility index (Phi) is 7.27.